The Hall–Kier alpha value is -1.72. The molecule has 6 heteroatoms. The van der Waals surface area contributed by atoms with E-state index in [9.17, 15) is 9.59 Å². The highest BCUT2D eigenvalue weighted by Crippen LogP contribution is 2.67. The van der Waals surface area contributed by atoms with Crippen LogP contribution in [0.25, 0.3) is 0 Å². The normalized spacial score (nSPS) is 40.5. The van der Waals surface area contributed by atoms with Crippen LogP contribution in [0.15, 0.2) is 6.20 Å². The first-order valence-electron chi connectivity index (χ1n) is 14.4. The molecule has 0 aliphatic heterocycles. The van der Waals surface area contributed by atoms with E-state index in [0.717, 1.165) is 36.5 Å². The number of nitrogens with zero attached hydrogens (tertiary/aromatic N) is 4. The van der Waals surface area contributed by atoms with Crippen molar-refractivity contribution in [2.24, 2.45) is 46.3 Å². The zero-order valence-electron chi connectivity index (χ0n) is 22.6. The molecule has 0 bridgehead atoms. The van der Waals surface area contributed by atoms with Crippen molar-refractivity contribution in [3.05, 3.63) is 11.9 Å². The third-order valence-corrected chi connectivity index (χ3v) is 11.3. The van der Waals surface area contributed by atoms with Gasteiger partial charge in [0.05, 0.1) is 6.20 Å². The van der Waals surface area contributed by atoms with Gasteiger partial charge >= 0.3 is 0 Å². The molecule has 1 amide bonds. The van der Waals surface area contributed by atoms with Crippen LogP contribution >= 0.6 is 0 Å². The van der Waals surface area contributed by atoms with Gasteiger partial charge in [0.15, 0.2) is 11.5 Å². The summed E-state index contributed by atoms with van der Waals surface area (Å²) >= 11 is 0. The predicted octanol–water partition coefficient (Wildman–Crippen LogP) is 5.62. The Labute approximate surface area is 211 Å². The maximum Gasteiger partial charge on any atom is 0.275 e. The van der Waals surface area contributed by atoms with E-state index in [0.29, 0.717) is 23.6 Å². The second kappa shape index (κ2) is 9.30. The Morgan fingerprint density at radius 3 is 2.57 bits per heavy atom. The monoisotopic (exact) mass is 482 g/mol. The van der Waals surface area contributed by atoms with E-state index in [4.69, 9.17) is 0 Å². The van der Waals surface area contributed by atoms with E-state index in [1.807, 2.05) is 6.92 Å². The van der Waals surface area contributed by atoms with Gasteiger partial charge in [0.25, 0.3) is 5.91 Å². The van der Waals surface area contributed by atoms with Gasteiger partial charge in [-0.05, 0) is 98.2 Å². The Morgan fingerprint density at radius 2 is 1.80 bits per heavy atom. The highest BCUT2D eigenvalue weighted by Gasteiger charge is 2.60. The predicted molar refractivity (Wildman–Crippen MR) is 137 cm³/mol. The first-order valence-corrected chi connectivity index (χ1v) is 14.4. The lowest BCUT2D eigenvalue weighted by Crippen LogP contribution is -2.53. The molecule has 4 aliphatic rings. The van der Waals surface area contributed by atoms with Crippen LogP contribution in [0.2, 0.25) is 0 Å². The number of carbonyl (C=O) groups is 2. The van der Waals surface area contributed by atoms with Gasteiger partial charge in [-0.25, -0.2) is 0 Å². The lowest BCUT2D eigenvalue weighted by Gasteiger charge is -2.61. The molecule has 4 saturated carbocycles. The summed E-state index contributed by atoms with van der Waals surface area (Å²) in [5.41, 5.74) is 0.957. The van der Waals surface area contributed by atoms with Crippen LogP contribution in [0, 0.1) is 46.3 Å². The molecule has 6 nitrogen and oxygen atoms in total. The molecule has 0 N–H and O–H groups in total. The lowest BCUT2D eigenvalue weighted by atomic mass is 9.44. The van der Waals surface area contributed by atoms with Crippen LogP contribution in [0.3, 0.4) is 0 Å². The average molecular weight is 483 g/mol. The van der Waals surface area contributed by atoms with Crippen molar-refractivity contribution in [1.29, 1.82) is 0 Å². The van der Waals surface area contributed by atoms with Crippen molar-refractivity contribution < 1.29 is 9.59 Å². The molecule has 1 heterocycles. The van der Waals surface area contributed by atoms with Crippen LogP contribution in [-0.4, -0.2) is 45.2 Å². The molecule has 0 radical (unpaired) electrons. The molecule has 5 rings (SSSR count). The topological polar surface area (TPSA) is 68.1 Å². The van der Waals surface area contributed by atoms with Crippen molar-refractivity contribution in [2.45, 2.75) is 98.4 Å². The lowest BCUT2D eigenvalue weighted by molar-refractivity contribution is -0.137. The molecule has 4 fully saturated rings. The van der Waals surface area contributed by atoms with E-state index < -0.39 is 0 Å². The number of amides is 1. The number of hydrogen-bond donors (Lipinski definition) is 0. The fourth-order valence-electron chi connectivity index (χ4n) is 9.36. The molecule has 35 heavy (non-hydrogen) atoms. The largest absolute Gasteiger partial charge is 0.340 e. The smallest absolute Gasteiger partial charge is 0.275 e. The standard InChI is InChI=1S/C29H46N4O2/c1-6-15-32(5)27(35)25-17-30-33(31-25)18-26(34)24-10-9-22-21-8-7-20-16-19(2)11-13-28(20,3)23(21)12-14-29(22,24)4/h17,19-24H,6-16,18H2,1-5H3/t19?,20?,21-,22?,23?,24?,28?,29?/m0/s1. The molecule has 194 valence electrons. The summed E-state index contributed by atoms with van der Waals surface area (Å²) in [7, 11) is 1.79. The van der Waals surface area contributed by atoms with Crippen LogP contribution in [0.5, 0.6) is 0 Å². The second-order valence-corrected chi connectivity index (χ2v) is 13.2. The molecule has 0 saturated heterocycles. The van der Waals surface area contributed by atoms with Crippen LogP contribution in [-0.2, 0) is 11.3 Å². The Morgan fingerprint density at radius 1 is 1.06 bits per heavy atom. The SMILES string of the molecule is CCCN(C)C(=O)c1cnn(CC(=O)C2CCC3[C@@H]4CCC5CC(C)CCC5(C)C4CCC23C)n1. The van der Waals surface area contributed by atoms with Crippen molar-refractivity contribution in [1.82, 2.24) is 19.9 Å². The number of rotatable bonds is 6. The summed E-state index contributed by atoms with van der Waals surface area (Å²) in [4.78, 5) is 29.2. The minimum atomic E-state index is -0.127. The van der Waals surface area contributed by atoms with Gasteiger partial charge in [0, 0.05) is 19.5 Å². The first kappa shape index (κ1) is 25.0. The van der Waals surface area contributed by atoms with Gasteiger partial charge in [-0.1, -0.05) is 34.1 Å². The summed E-state index contributed by atoms with van der Waals surface area (Å²) in [5.74, 6) is 4.36. The molecule has 0 spiro atoms. The molecular weight excluding hydrogens is 436 g/mol. The van der Waals surface area contributed by atoms with Crippen molar-refractivity contribution in [2.75, 3.05) is 13.6 Å². The maximum atomic E-state index is 13.6. The van der Waals surface area contributed by atoms with Crippen molar-refractivity contribution >= 4 is 11.7 Å². The van der Waals surface area contributed by atoms with Crippen molar-refractivity contribution in [3.8, 4) is 0 Å². The Bertz CT molecular complexity index is 958. The first-order chi connectivity index (χ1) is 16.7. The van der Waals surface area contributed by atoms with Crippen LogP contribution in [0.1, 0.15) is 102 Å². The summed E-state index contributed by atoms with van der Waals surface area (Å²) in [6.07, 6.45) is 14.1. The Balaban J connectivity index is 1.27. The van der Waals surface area contributed by atoms with E-state index in [1.165, 1.54) is 62.4 Å². The van der Waals surface area contributed by atoms with Crippen molar-refractivity contribution in [3.63, 3.8) is 0 Å². The number of Topliss-reactive ketones (excluding diaryl/α,β-unsaturated/α-hetero) is 1. The summed E-state index contributed by atoms with van der Waals surface area (Å²) in [6.45, 7) is 10.4. The number of aromatic nitrogens is 3. The maximum absolute atomic E-state index is 13.6. The van der Waals surface area contributed by atoms with Crippen LogP contribution < -0.4 is 0 Å². The highest BCUT2D eigenvalue weighted by atomic mass is 16.2. The third kappa shape index (κ3) is 4.17. The highest BCUT2D eigenvalue weighted by molar-refractivity contribution is 5.91. The molecule has 7 unspecified atom stereocenters. The summed E-state index contributed by atoms with van der Waals surface area (Å²) < 4.78 is 0. The third-order valence-electron chi connectivity index (χ3n) is 11.3. The van der Waals surface area contributed by atoms with Gasteiger partial charge in [-0.15, -0.1) is 5.10 Å². The molecule has 1 aromatic heterocycles. The molecule has 4 aliphatic carbocycles. The number of fused-ring (bicyclic) bond motifs is 5. The van der Waals surface area contributed by atoms with E-state index >= 15 is 0 Å². The molecule has 0 aromatic carbocycles. The van der Waals surface area contributed by atoms with Gasteiger partial charge in [0.2, 0.25) is 0 Å². The minimum absolute atomic E-state index is 0.0956. The zero-order chi connectivity index (χ0) is 25.0. The fourth-order valence-corrected chi connectivity index (χ4v) is 9.36. The van der Waals surface area contributed by atoms with Gasteiger partial charge in [-0.3, -0.25) is 9.59 Å². The second-order valence-electron chi connectivity index (χ2n) is 13.2. The molecule has 8 atom stereocenters. The molecular formula is C29H46N4O2. The molecule has 1 aromatic rings. The van der Waals surface area contributed by atoms with Gasteiger partial charge in [-0.2, -0.15) is 9.90 Å². The minimum Gasteiger partial charge on any atom is -0.340 e. The average Bonchev–Trinajstić information content (AvgIpc) is 3.43. The van der Waals surface area contributed by atoms with E-state index in [2.05, 4.69) is 31.0 Å². The summed E-state index contributed by atoms with van der Waals surface area (Å²) in [5, 5.41) is 8.65. The quantitative estimate of drug-likeness (QED) is 0.527. The van der Waals surface area contributed by atoms with E-state index in [-0.39, 0.29) is 29.6 Å². The number of ketones is 1. The van der Waals surface area contributed by atoms with Gasteiger partial charge < -0.3 is 4.90 Å². The van der Waals surface area contributed by atoms with Gasteiger partial charge in [0.1, 0.15) is 6.54 Å². The number of carbonyl (C=O) groups excluding carboxylic acids is 2. The fraction of sp³-hybridized carbons (Fsp3) is 0.862. The number of hydrogen-bond acceptors (Lipinski definition) is 4. The van der Waals surface area contributed by atoms with Crippen LogP contribution in [0.4, 0.5) is 0 Å². The zero-order valence-corrected chi connectivity index (χ0v) is 22.6. The summed E-state index contributed by atoms with van der Waals surface area (Å²) in [6, 6.07) is 0. The Kier molecular flexibility index (Phi) is 6.63. The van der Waals surface area contributed by atoms with E-state index in [1.54, 1.807) is 11.9 Å².